The molecule has 10 aromatic carbocycles. The maximum Gasteiger partial charge on any atom is 0.131 e. The Balaban J connectivity index is 1.02. The normalized spacial score (nSPS) is 12.3. The summed E-state index contributed by atoms with van der Waals surface area (Å²) in [6.07, 6.45) is 2.89. The van der Waals surface area contributed by atoms with Crippen LogP contribution in [0.4, 0.5) is 0 Å². The van der Waals surface area contributed by atoms with Gasteiger partial charge in [0.1, 0.15) is 5.84 Å². The number of allylic oxidation sites excluding steroid dienone is 1. The van der Waals surface area contributed by atoms with Gasteiger partial charge in [-0.1, -0.05) is 200 Å². The van der Waals surface area contributed by atoms with Crippen LogP contribution in [0.2, 0.25) is 0 Å². The molecule has 0 aliphatic carbocycles. The van der Waals surface area contributed by atoms with E-state index in [1.54, 1.807) is 0 Å². The first-order valence-corrected chi connectivity index (χ1v) is 20.9. The number of hydrogen-bond donors (Lipinski definition) is 1. The molecular weight excluding hydrogens is 739 g/mol. The number of rotatable bonds is 8. The molecule has 0 atom stereocenters. The van der Waals surface area contributed by atoms with E-state index in [0.29, 0.717) is 12.3 Å². The highest BCUT2D eigenvalue weighted by Gasteiger charge is 2.19. The molecule has 2 N–H and O–H groups in total. The predicted octanol–water partition coefficient (Wildman–Crippen LogP) is 14.6. The molecule has 0 aliphatic heterocycles. The summed E-state index contributed by atoms with van der Waals surface area (Å²) in [7, 11) is 0. The van der Waals surface area contributed by atoms with Gasteiger partial charge in [-0.25, -0.2) is 4.99 Å². The molecule has 11 rings (SSSR count). The molecule has 3 heteroatoms. The summed E-state index contributed by atoms with van der Waals surface area (Å²) in [5.41, 5.74) is 19.1. The van der Waals surface area contributed by atoms with Crippen molar-refractivity contribution in [2.75, 3.05) is 0 Å². The molecule has 11 aromatic rings. The maximum atomic E-state index is 6.73. The Kier molecular flexibility index (Phi) is 9.05. The van der Waals surface area contributed by atoms with Gasteiger partial charge < -0.3 is 10.3 Å². The fraction of sp³-hybridized carbons (Fsp3) is 0.0172. The van der Waals surface area contributed by atoms with Gasteiger partial charge in [0.25, 0.3) is 0 Å². The average Bonchev–Trinajstić information content (AvgIpc) is 3.67. The van der Waals surface area contributed by atoms with Gasteiger partial charge in [0.15, 0.2) is 0 Å². The van der Waals surface area contributed by atoms with Gasteiger partial charge in [-0.3, -0.25) is 0 Å². The van der Waals surface area contributed by atoms with Gasteiger partial charge in [-0.2, -0.15) is 0 Å². The molecule has 61 heavy (non-hydrogen) atoms. The summed E-state index contributed by atoms with van der Waals surface area (Å²) in [5.74, 6) is 0.484. The molecule has 0 saturated carbocycles. The van der Waals surface area contributed by atoms with Crippen LogP contribution >= 0.6 is 0 Å². The number of nitrogens with zero attached hydrogens (tertiary/aromatic N) is 2. The first-order chi connectivity index (χ1) is 30.2. The van der Waals surface area contributed by atoms with Crippen LogP contribution in [0.5, 0.6) is 0 Å². The van der Waals surface area contributed by atoms with Gasteiger partial charge in [0.05, 0.1) is 16.7 Å². The van der Waals surface area contributed by atoms with Gasteiger partial charge in [0, 0.05) is 22.0 Å². The van der Waals surface area contributed by atoms with Crippen molar-refractivity contribution in [1.29, 1.82) is 0 Å². The van der Waals surface area contributed by atoms with E-state index in [-0.39, 0.29) is 0 Å². The van der Waals surface area contributed by atoms with E-state index in [9.17, 15) is 0 Å². The van der Waals surface area contributed by atoms with Crippen LogP contribution in [-0.2, 0) is 6.42 Å². The van der Waals surface area contributed by atoms with Crippen molar-refractivity contribution in [2.45, 2.75) is 6.42 Å². The number of aromatic nitrogens is 1. The minimum absolute atomic E-state index is 0.484. The molecule has 3 nitrogen and oxygen atoms in total. The lowest BCUT2D eigenvalue weighted by Crippen LogP contribution is -2.13. The van der Waals surface area contributed by atoms with E-state index in [2.05, 4.69) is 199 Å². The number of fused-ring (bicyclic) bond motifs is 7. The van der Waals surface area contributed by atoms with Gasteiger partial charge in [0.2, 0.25) is 0 Å². The highest BCUT2D eigenvalue weighted by atomic mass is 15.0. The van der Waals surface area contributed by atoms with E-state index in [1.165, 1.54) is 76.4 Å². The number of amidine groups is 1. The Morgan fingerprint density at radius 2 is 0.967 bits per heavy atom. The standard InChI is InChI=1S/C58H41N3/c59-58(44-18-5-2-6-19-44)60-52(38-29-39-27-35-45(36-28-39)61-53-25-13-11-21-47(53)48-22-12-14-26-54(48)61)41-30-32-43(33-31-41)56-50-24-10-9-23-49(50)55(42-16-3-1-4-17-42)51-37-34-40-15-7-8-20-46(40)57(51)56/h1-28,30-38H,29H2,(H2,59,60)/b52-38-. The second-order valence-electron chi connectivity index (χ2n) is 15.6. The minimum Gasteiger partial charge on any atom is -0.383 e. The molecule has 0 unspecified atom stereocenters. The van der Waals surface area contributed by atoms with Crippen LogP contribution in [0.1, 0.15) is 16.7 Å². The first-order valence-electron chi connectivity index (χ1n) is 20.9. The smallest absolute Gasteiger partial charge is 0.131 e. The lowest BCUT2D eigenvalue weighted by molar-refractivity contribution is 1.16. The second-order valence-corrected chi connectivity index (χ2v) is 15.6. The molecule has 0 bridgehead atoms. The molecule has 1 heterocycles. The van der Waals surface area contributed by atoms with E-state index in [4.69, 9.17) is 10.7 Å². The third-order valence-electron chi connectivity index (χ3n) is 12.1. The van der Waals surface area contributed by atoms with E-state index in [0.717, 1.165) is 28.1 Å². The molecule has 0 radical (unpaired) electrons. The maximum absolute atomic E-state index is 6.73. The number of benzene rings is 10. The number of para-hydroxylation sites is 2. The topological polar surface area (TPSA) is 43.3 Å². The summed E-state index contributed by atoms with van der Waals surface area (Å²) in [5, 5.41) is 9.95. The zero-order valence-electron chi connectivity index (χ0n) is 33.5. The molecule has 0 aliphatic rings. The van der Waals surface area contributed by atoms with Crippen LogP contribution in [-0.4, -0.2) is 10.4 Å². The second kappa shape index (κ2) is 15.3. The van der Waals surface area contributed by atoms with Crippen LogP contribution in [0.3, 0.4) is 0 Å². The lowest BCUT2D eigenvalue weighted by Gasteiger charge is -2.19. The Bertz CT molecular complexity index is 3410. The van der Waals surface area contributed by atoms with E-state index >= 15 is 0 Å². The third-order valence-corrected chi connectivity index (χ3v) is 12.1. The van der Waals surface area contributed by atoms with E-state index < -0.39 is 0 Å². The Hall–Kier alpha value is -8.01. The monoisotopic (exact) mass is 779 g/mol. The summed E-state index contributed by atoms with van der Waals surface area (Å²) < 4.78 is 2.35. The van der Waals surface area contributed by atoms with Crippen molar-refractivity contribution in [3.8, 4) is 27.9 Å². The zero-order valence-corrected chi connectivity index (χ0v) is 33.5. The molecule has 1 aromatic heterocycles. The summed E-state index contributed by atoms with van der Waals surface area (Å²) in [6, 6.07) is 78.0. The van der Waals surface area contributed by atoms with Crippen molar-refractivity contribution in [1.82, 2.24) is 4.57 Å². The van der Waals surface area contributed by atoms with Crippen LogP contribution < -0.4 is 5.73 Å². The lowest BCUT2D eigenvalue weighted by atomic mass is 9.84. The molecule has 0 fully saturated rings. The Morgan fingerprint density at radius 3 is 1.64 bits per heavy atom. The van der Waals surface area contributed by atoms with Crippen molar-refractivity contribution in [2.24, 2.45) is 10.7 Å². The van der Waals surface area contributed by atoms with Crippen molar-refractivity contribution >= 4 is 65.7 Å². The van der Waals surface area contributed by atoms with Crippen LogP contribution in [0, 0.1) is 0 Å². The Labute approximate surface area is 355 Å². The highest BCUT2D eigenvalue weighted by molar-refractivity contribution is 6.28. The summed E-state index contributed by atoms with van der Waals surface area (Å²) in [4.78, 5) is 5.10. The van der Waals surface area contributed by atoms with Crippen LogP contribution in [0.15, 0.2) is 229 Å². The minimum atomic E-state index is 0.484. The van der Waals surface area contributed by atoms with Gasteiger partial charge in [-0.15, -0.1) is 0 Å². The number of aliphatic imine (C=N–C) groups is 1. The molecular formula is C58H41N3. The van der Waals surface area contributed by atoms with Crippen molar-refractivity contribution < 1.29 is 0 Å². The first kappa shape index (κ1) is 36.1. The molecule has 288 valence electrons. The quantitative estimate of drug-likeness (QED) is 0.0710. The highest BCUT2D eigenvalue weighted by Crippen LogP contribution is 2.46. The SMILES string of the molecule is NC(=N/C(=C\Cc1ccc(-n2c3ccccc3c3ccccc32)cc1)c1ccc(-c2c3ccccc3c(-c3ccccc3)c3ccc4ccccc4c23)cc1)c1ccccc1. The van der Waals surface area contributed by atoms with Gasteiger partial charge >= 0.3 is 0 Å². The fourth-order valence-corrected chi connectivity index (χ4v) is 9.20. The molecule has 0 spiro atoms. The van der Waals surface area contributed by atoms with Crippen molar-refractivity contribution in [3.63, 3.8) is 0 Å². The largest absolute Gasteiger partial charge is 0.383 e. The summed E-state index contributed by atoms with van der Waals surface area (Å²) >= 11 is 0. The molecule has 0 amide bonds. The fourth-order valence-electron chi connectivity index (χ4n) is 9.20. The van der Waals surface area contributed by atoms with E-state index in [1.807, 2.05) is 30.3 Å². The molecule has 0 saturated heterocycles. The predicted molar refractivity (Wildman–Crippen MR) is 259 cm³/mol. The average molecular weight is 780 g/mol. The van der Waals surface area contributed by atoms with Gasteiger partial charge in [-0.05, 0) is 96.4 Å². The third kappa shape index (κ3) is 6.44. The Morgan fingerprint density at radius 1 is 0.426 bits per heavy atom. The van der Waals surface area contributed by atoms with Crippen LogP contribution in [0.25, 0.3) is 87.8 Å². The number of nitrogens with two attached hydrogens (primary N) is 1. The number of hydrogen-bond acceptors (Lipinski definition) is 1. The van der Waals surface area contributed by atoms with Crippen molar-refractivity contribution in [3.05, 3.63) is 241 Å². The summed E-state index contributed by atoms with van der Waals surface area (Å²) in [6.45, 7) is 0. The zero-order chi connectivity index (χ0) is 40.7.